The normalized spacial score (nSPS) is 12.5. The first-order valence-corrected chi connectivity index (χ1v) is 3.51. The van der Waals surface area contributed by atoms with Crippen molar-refractivity contribution in [1.82, 2.24) is 14.6 Å². The summed E-state index contributed by atoms with van der Waals surface area (Å²) < 4.78 is 1.04. The summed E-state index contributed by atoms with van der Waals surface area (Å²) in [7, 11) is 5.37. The minimum Gasteiger partial charge on any atom is -0.515 e. The molecule has 2 heterocycles. The number of hydrogen-bond donors (Lipinski definition) is 1. The fraction of sp³-hybridized carbons (Fsp3) is 0. The third-order valence-electron chi connectivity index (χ3n) is 1.62. The molecule has 0 amide bonds. The Balaban J connectivity index is 3.03. The van der Waals surface area contributed by atoms with Gasteiger partial charge in [0.15, 0.2) is 5.65 Å². The lowest BCUT2D eigenvalue weighted by Gasteiger charge is -1.88. The van der Waals surface area contributed by atoms with Crippen molar-refractivity contribution in [3.63, 3.8) is 0 Å². The largest absolute Gasteiger partial charge is 0.515 e. The molecule has 0 bridgehead atoms. The third-order valence-corrected chi connectivity index (χ3v) is 1.62. The van der Waals surface area contributed by atoms with E-state index in [0.717, 1.165) is 4.52 Å². The molecule has 0 aliphatic carbocycles. The summed E-state index contributed by atoms with van der Waals surface area (Å²) in [5.41, 5.74) is 0.150. The van der Waals surface area contributed by atoms with Crippen molar-refractivity contribution in [3.05, 3.63) is 27.8 Å². The van der Waals surface area contributed by atoms with Crippen molar-refractivity contribution >= 4 is 25.3 Å². The Morgan fingerprint density at radius 1 is 1.62 bits per heavy atom. The van der Waals surface area contributed by atoms with E-state index in [9.17, 15) is 4.79 Å². The fourth-order valence-electron chi connectivity index (χ4n) is 1.03. The van der Waals surface area contributed by atoms with E-state index in [2.05, 4.69) is 10.1 Å². The average Bonchev–Trinajstić information content (AvgIpc) is 2.47. The van der Waals surface area contributed by atoms with Crippen molar-refractivity contribution in [3.8, 4) is 0 Å². The zero-order valence-corrected chi connectivity index (χ0v) is 6.51. The molecule has 5 nitrogen and oxygen atoms in total. The van der Waals surface area contributed by atoms with Crippen LogP contribution in [0.25, 0.3) is 11.9 Å². The van der Waals surface area contributed by atoms with Gasteiger partial charge in [-0.25, -0.2) is 4.98 Å². The highest BCUT2D eigenvalue weighted by Crippen LogP contribution is 1.85. The summed E-state index contributed by atoms with van der Waals surface area (Å²) in [6, 6.07) is 1.47. The highest BCUT2D eigenvalue weighted by molar-refractivity contribution is 6.31. The minimum absolute atomic E-state index is 0.0793. The van der Waals surface area contributed by atoms with Gasteiger partial charge >= 0.3 is 0 Å². The Labute approximate surface area is 73.7 Å². The van der Waals surface area contributed by atoms with Crippen LogP contribution in [0.4, 0.5) is 0 Å². The summed E-state index contributed by atoms with van der Waals surface area (Å²) in [4.78, 5) is 15.2. The molecule has 0 aromatic carbocycles. The molecule has 0 atom stereocenters. The summed E-state index contributed by atoms with van der Waals surface area (Å²) >= 11 is 0. The molecule has 0 spiro atoms. The lowest BCUT2D eigenvalue weighted by Crippen LogP contribution is -2.32. The zero-order chi connectivity index (χ0) is 9.42. The van der Waals surface area contributed by atoms with Crippen LogP contribution in [0.15, 0.2) is 17.1 Å². The van der Waals surface area contributed by atoms with Gasteiger partial charge in [-0.2, -0.15) is 9.61 Å². The van der Waals surface area contributed by atoms with Gasteiger partial charge in [0, 0.05) is 11.8 Å². The fourth-order valence-corrected chi connectivity index (χ4v) is 1.03. The zero-order valence-electron chi connectivity index (χ0n) is 6.51. The smallest absolute Gasteiger partial charge is 0.284 e. The first kappa shape index (κ1) is 7.79. The highest BCUT2D eigenvalue weighted by Gasteiger charge is 2.01. The van der Waals surface area contributed by atoms with Crippen molar-refractivity contribution in [1.29, 1.82) is 0 Å². The highest BCUT2D eigenvalue weighted by atomic mass is 16.2. The van der Waals surface area contributed by atoms with Crippen LogP contribution in [0.5, 0.6) is 0 Å². The first-order valence-electron chi connectivity index (χ1n) is 3.51. The molecule has 0 unspecified atom stereocenters. The van der Waals surface area contributed by atoms with Crippen molar-refractivity contribution < 1.29 is 5.11 Å². The quantitative estimate of drug-likeness (QED) is 0.463. The van der Waals surface area contributed by atoms with Crippen LogP contribution in [0.3, 0.4) is 0 Å². The molecule has 1 N–H and O–H groups in total. The molecule has 2 aromatic heterocycles. The number of rotatable bonds is 0. The van der Waals surface area contributed by atoms with Crippen LogP contribution in [0, 0.1) is 0 Å². The van der Waals surface area contributed by atoms with Crippen LogP contribution in [-0.2, 0) is 0 Å². The Morgan fingerprint density at radius 3 is 3.08 bits per heavy atom. The number of aliphatic hydroxyl groups is 1. The average molecular weight is 173 g/mol. The molecule has 6 heteroatoms. The molecule has 0 saturated heterocycles. The molecule has 2 aromatic rings. The monoisotopic (exact) mass is 173 g/mol. The maximum Gasteiger partial charge on any atom is 0.284 e. The Hall–Kier alpha value is -1.85. The predicted octanol–water partition coefficient (Wildman–Crippen LogP) is -2.10. The maximum atomic E-state index is 11.4. The minimum atomic E-state index is -0.441. The molecule has 0 fully saturated rings. The van der Waals surface area contributed by atoms with E-state index < -0.39 is 5.56 Å². The van der Waals surface area contributed by atoms with E-state index >= 15 is 0 Å². The van der Waals surface area contributed by atoms with Crippen molar-refractivity contribution in [2.24, 2.45) is 0 Å². The summed E-state index contributed by atoms with van der Waals surface area (Å²) in [6.45, 7) is 0. The Kier molecular flexibility index (Phi) is 1.55. The molecule has 0 saturated carbocycles. The molecule has 13 heavy (non-hydrogen) atoms. The molecule has 0 aliphatic rings. The van der Waals surface area contributed by atoms with E-state index in [1.54, 1.807) is 0 Å². The van der Waals surface area contributed by atoms with Gasteiger partial charge in [0.25, 0.3) is 5.56 Å². The topological polar surface area (TPSA) is 67.5 Å². The summed E-state index contributed by atoms with van der Waals surface area (Å²) in [5.74, 6) is 0. The summed E-state index contributed by atoms with van der Waals surface area (Å²) in [5, 5.41) is 12.4. The number of aromatic nitrogens is 3. The lowest BCUT2D eigenvalue weighted by atomic mass is 10.1. The van der Waals surface area contributed by atoms with Gasteiger partial charge in [-0.05, 0) is 6.07 Å². The van der Waals surface area contributed by atoms with Crippen LogP contribution in [0.2, 0.25) is 0 Å². The SMILES string of the molecule is [B]c1cc2ncc(=CO)c(=O)n2n1. The van der Waals surface area contributed by atoms with Crippen LogP contribution < -0.4 is 16.4 Å². The molecular weight excluding hydrogens is 169 g/mol. The number of hydrogen-bond acceptors (Lipinski definition) is 4. The Bertz CT molecular complexity index is 563. The molecule has 0 aliphatic heterocycles. The van der Waals surface area contributed by atoms with Crippen molar-refractivity contribution in [2.45, 2.75) is 0 Å². The van der Waals surface area contributed by atoms with Gasteiger partial charge in [0.2, 0.25) is 0 Å². The summed E-state index contributed by atoms with van der Waals surface area (Å²) in [6.07, 6.45) is 1.95. The number of nitrogens with zero attached hydrogens (tertiary/aromatic N) is 3. The van der Waals surface area contributed by atoms with Gasteiger partial charge in [-0.15, -0.1) is 0 Å². The van der Waals surface area contributed by atoms with Gasteiger partial charge in [0.1, 0.15) is 7.85 Å². The number of fused-ring (bicyclic) bond motifs is 1. The van der Waals surface area contributed by atoms with Gasteiger partial charge in [-0.3, -0.25) is 4.79 Å². The van der Waals surface area contributed by atoms with E-state index in [-0.39, 0.29) is 10.8 Å². The first-order chi connectivity index (χ1) is 6.22. The van der Waals surface area contributed by atoms with E-state index in [1.807, 2.05) is 0 Å². The van der Waals surface area contributed by atoms with Gasteiger partial charge in [-0.1, -0.05) is 0 Å². The third kappa shape index (κ3) is 1.07. The van der Waals surface area contributed by atoms with E-state index in [4.69, 9.17) is 13.0 Å². The van der Waals surface area contributed by atoms with Gasteiger partial charge < -0.3 is 5.11 Å². The van der Waals surface area contributed by atoms with Crippen LogP contribution in [0.1, 0.15) is 0 Å². The van der Waals surface area contributed by atoms with Crippen molar-refractivity contribution in [2.75, 3.05) is 0 Å². The number of aliphatic hydroxyl groups excluding tert-OH is 1. The predicted molar refractivity (Wildman–Crippen MR) is 47.0 cm³/mol. The molecule has 2 radical (unpaired) electrons. The maximum absolute atomic E-state index is 11.4. The van der Waals surface area contributed by atoms with Crippen LogP contribution >= 0.6 is 0 Å². The van der Waals surface area contributed by atoms with Crippen LogP contribution in [-0.4, -0.2) is 27.6 Å². The van der Waals surface area contributed by atoms with E-state index in [0.29, 0.717) is 11.9 Å². The standard InChI is InChI=1S/C7H4BN3O2/c8-5-1-6-9-2-4(3-12)7(13)11(6)10-5/h1-3,12H. The van der Waals surface area contributed by atoms with Gasteiger partial charge in [0.05, 0.1) is 11.5 Å². The molecular formula is C7H4BN3O2. The molecule has 62 valence electrons. The second kappa shape index (κ2) is 2.58. The second-order valence-corrected chi connectivity index (χ2v) is 2.49. The Morgan fingerprint density at radius 2 is 2.38 bits per heavy atom. The molecule has 2 rings (SSSR count). The van der Waals surface area contributed by atoms with E-state index in [1.165, 1.54) is 12.3 Å². The second-order valence-electron chi connectivity index (χ2n) is 2.49. The lowest BCUT2D eigenvalue weighted by molar-refractivity contribution is 0.539.